The van der Waals surface area contributed by atoms with Gasteiger partial charge >= 0.3 is 0 Å². The summed E-state index contributed by atoms with van der Waals surface area (Å²) in [6, 6.07) is 15.7. The highest BCUT2D eigenvalue weighted by Gasteiger charge is 2.13. The monoisotopic (exact) mass is 397 g/mol. The number of benzene rings is 2. The molecule has 0 aliphatic heterocycles. The van der Waals surface area contributed by atoms with Gasteiger partial charge in [0.05, 0.1) is 4.53 Å². The van der Waals surface area contributed by atoms with Crippen molar-refractivity contribution < 1.29 is 0 Å². The van der Waals surface area contributed by atoms with Gasteiger partial charge in [0.25, 0.3) is 5.56 Å². The number of halogens is 1. The van der Waals surface area contributed by atoms with Gasteiger partial charge in [-0.1, -0.05) is 63.7 Å². The molecule has 0 amide bonds. The molecule has 2 heterocycles. The summed E-state index contributed by atoms with van der Waals surface area (Å²) in [5, 5.41) is 4.40. The van der Waals surface area contributed by atoms with Gasteiger partial charge in [0.2, 0.25) is 4.96 Å². The van der Waals surface area contributed by atoms with E-state index in [9.17, 15) is 4.79 Å². The van der Waals surface area contributed by atoms with Gasteiger partial charge < -0.3 is 0 Å². The largest absolute Gasteiger partial charge is 0.291 e. The molecule has 118 valence electrons. The number of hydrogen-bond donors (Lipinski definition) is 0. The first-order valence-corrected chi connectivity index (χ1v) is 8.95. The Morgan fingerprint density at radius 3 is 2.75 bits per heavy atom. The number of thiazole rings is 1. The topological polar surface area (TPSA) is 47.3 Å². The lowest BCUT2D eigenvalue weighted by atomic mass is 10.1. The van der Waals surface area contributed by atoms with E-state index in [1.807, 2.05) is 61.5 Å². The van der Waals surface area contributed by atoms with Gasteiger partial charge in [0.15, 0.2) is 5.82 Å². The maximum Gasteiger partial charge on any atom is 0.291 e. The minimum atomic E-state index is -0.137. The third kappa shape index (κ3) is 2.68. The second-order valence-electron chi connectivity index (χ2n) is 5.42. The van der Waals surface area contributed by atoms with Gasteiger partial charge in [-0.2, -0.15) is 9.50 Å². The number of fused-ring (bicyclic) bond motifs is 1. The molecule has 0 saturated carbocycles. The Labute approximate surface area is 150 Å². The fraction of sp³-hybridized carbons (Fsp3) is 0.0556. The molecule has 0 fully saturated rings. The van der Waals surface area contributed by atoms with Crippen LogP contribution >= 0.6 is 27.3 Å². The summed E-state index contributed by atoms with van der Waals surface area (Å²) in [6.07, 6.45) is 1.86. The third-order valence-corrected chi connectivity index (χ3v) is 5.17. The van der Waals surface area contributed by atoms with Crippen LogP contribution in [0, 0.1) is 6.92 Å². The first-order valence-electron chi connectivity index (χ1n) is 7.35. The van der Waals surface area contributed by atoms with Crippen LogP contribution < -0.4 is 10.1 Å². The van der Waals surface area contributed by atoms with Crippen molar-refractivity contribution in [2.24, 2.45) is 0 Å². The van der Waals surface area contributed by atoms with Crippen LogP contribution in [0.5, 0.6) is 0 Å². The normalized spacial score (nSPS) is 12.2. The molecule has 6 heteroatoms. The van der Waals surface area contributed by atoms with Crippen LogP contribution in [0.2, 0.25) is 0 Å². The molecule has 2 aromatic heterocycles. The van der Waals surface area contributed by atoms with Crippen LogP contribution in [0.15, 0.2) is 57.8 Å². The van der Waals surface area contributed by atoms with E-state index in [-0.39, 0.29) is 5.56 Å². The van der Waals surface area contributed by atoms with Gasteiger partial charge in [0.1, 0.15) is 0 Å². The summed E-state index contributed by atoms with van der Waals surface area (Å²) in [7, 11) is 0. The average Bonchev–Trinajstić information content (AvgIpc) is 3.08. The SMILES string of the molecule is Cc1ccccc1-c1nc2s/c(=C/c3cccc(Br)c3)c(=O)n2n1. The standard InChI is InChI=1S/C18H12BrN3OS/c1-11-5-2-3-8-14(11)16-20-18-22(21-16)17(23)15(24-18)10-12-6-4-7-13(19)9-12/h2-10H,1H3/b15-10+. The number of aromatic nitrogens is 3. The summed E-state index contributed by atoms with van der Waals surface area (Å²) in [5.74, 6) is 0.588. The van der Waals surface area contributed by atoms with Crippen molar-refractivity contribution in [1.29, 1.82) is 0 Å². The van der Waals surface area contributed by atoms with Gasteiger partial charge in [-0.25, -0.2) is 0 Å². The maximum absolute atomic E-state index is 12.6. The Morgan fingerprint density at radius 2 is 2.00 bits per heavy atom. The summed E-state index contributed by atoms with van der Waals surface area (Å²) in [6.45, 7) is 2.01. The average molecular weight is 398 g/mol. The van der Waals surface area contributed by atoms with E-state index in [1.165, 1.54) is 15.9 Å². The summed E-state index contributed by atoms with van der Waals surface area (Å²) in [5.41, 5.74) is 2.86. The summed E-state index contributed by atoms with van der Waals surface area (Å²) in [4.78, 5) is 17.7. The molecule has 0 unspecified atom stereocenters. The number of nitrogens with zero attached hydrogens (tertiary/aromatic N) is 3. The highest BCUT2D eigenvalue weighted by Crippen LogP contribution is 2.20. The Hall–Kier alpha value is -2.31. The Bertz CT molecular complexity index is 1160. The fourth-order valence-corrected chi connectivity index (χ4v) is 3.84. The Morgan fingerprint density at radius 1 is 1.17 bits per heavy atom. The zero-order valence-electron chi connectivity index (χ0n) is 12.7. The second kappa shape index (κ2) is 5.96. The van der Waals surface area contributed by atoms with E-state index >= 15 is 0 Å². The molecule has 0 atom stereocenters. The van der Waals surface area contributed by atoms with E-state index in [4.69, 9.17) is 0 Å². The lowest BCUT2D eigenvalue weighted by molar-refractivity contribution is 0.936. The summed E-state index contributed by atoms with van der Waals surface area (Å²) >= 11 is 4.79. The highest BCUT2D eigenvalue weighted by molar-refractivity contribution is 9.10. The molecule has 4 aromatic rings. The van der Waals surface area contributed by atoms with Crippen LogP contribution in [0.3, 0.4) is 0 Å². The van der Waals surface area contributed by atoms with Crippen LogP contribution in [0.25, 0.3) is 22.4 Å². The lowest BCUT2D eigenvalue weighted by Crippen LogP contribution is -2.23. The first-order chi connectivity index (χ1) is 11.6. The molecule has 0 radical (unpaired) electrons. The van der Waals surface area contributed by atoms with E-state index < -0.39 is 0 Å². The Kier molecular flexibility index (Phi) is 3.78. The van der Waals surface area contributed by atoms with Crippen molar-refractivity contribution in [3.63, 3.8) is 0 Å². The van der Waals surface area contributed by atoms with Crippen LogP contribution in [-0.2, 0) is 0 Å². The van der Waals surface area contributed by atoms with E-state index in [2.05, 4.69) is 26.0 Å². The molecular weight excluding hydrogens is 386 g/mol. The van der Waals surface area contributed by atoms with E-state index in [1.54, 1.807) is 0 Å². The zero-order valence-corrected chi connectivity index (χ0v) is 15.1. The molecule has 0 N–H and O–H groups in total. The van der Waals surface area contributed by atoms with Crippen LogP contribution in [-0.4, -0.2) is 14.6 Å². The summed E-state index contributed by atoms with van der Waals surface area (Å²) < 4.78 is 2.99. The molecule has 0 spiro atoms. The van der Waals surface area contributed by atoms with Crippen molar-refractivity contribution in [2.75, 3.05) is 0 Å². The van der Waals surface area contributed by atoms with Crippen LogP contribution in [0.4, 0.5) is 0 Å². The molecule has 0 aliphatic rings. The molecule has 0 aliphatic carbocycles. The third-order valence-electron chi connectivity index (χ3n) is 3.71. The van der Waals surface area contributed by atoms with E-state index in [0.717, 1.165) is 21.2 Å². The zero-order chi connectivity index (χ0) is 16.7. The van der Waals surface area contributed by atoms with Gasteiger partial charge in [-0.3, -0.25) is 4.79 Å². The number of aryl methyl sites for hydroxylation is 1. The minimum absolute atomic E-state index is 0.137. The smallest absolute Gasteiger partial charge is 0.266 e. The van der Waals surface area contributed by atoms with Crippen molar-refractivity contribution >= 4 is 38.3 Å². The van der Waals surface area contributed by atoms with Crippen molar-refractivity contribution in [2.45, 2.75) is 6.92 Å². The number of rotatable bonds is 2. The van der Waals surface area contributed by atoms with Crippen LogP contribution in [0.1, 0.15) is 11.1 Å². The second-order valence-corrected chi connectivity index (χ2v) is 7.34. The van der Waals surface area contributed by atoms with Crippen molar-refractivity contribution in [3.8, 4) is 11.4 Å². The fourth-order valence-electron chi connectivity index (χ4n) is 2.52. The lowest BCUT2D eigenvalue weighted by Gasteiger charge is -1.98. The maximum atomic E-state index is 12.6. The molecule has 2 aromatic carbocycles. The molecule has 0 bridgehead atoms. The van der Waals surface area contributed by atoms with Crippen molar-refractivity contribution in [1.82, 2.24) is 14.6 Å². The quantitative estimate of drug-likeness (QED) is 0.520. The van der Waals surface area contributed by atoms with E-state index in [0.29, 0.717) is 15.3 Å². The minimum Gasteiger partial charge on any atom is -0.266 e. The molecule has 0 saturated heterocycles. The highest BCUT2D eigenvalue weighted by atomic mass is 79.9. The molecule has 24 heavy (non-hydrogen) atoms. The molecule has 4 rings (SSSR count). The predicted octanol–water partition coefficient (Wildman–Crippen LogP) is 3.44. The van der Waals surface area contributed by atoms with Gasteiger partial charge in [-0.15, -0.1) is 5.10 Å². The first kappa shape index (κ1) is 15.2. The number of hydrogen-bond acceptors (Lipinski definition) is 4. The predicted molar refractivity (Wildman–Crippen MR) is 100 cm³/mol. The van der Waals surface area contributed by atoms with Gasteiger partial charge in [0, 0.05) is 10.0 Å². The Balaban J connectivity index is 1.85. The molecule has 4 nitrogen and oxygen atoms in total. The van der Waals surface area contributed by atoms with Gasteiger partial charge in [-0.05, 0) is 36.3 Å². The molecular formula is C18H12BrN3OS. The van der Waals surface area contributed by atoms with Crippen molar-refractivity contribution in [3.05, 3.63) is 79.0 Å².